The summed E-state index contributed by atoms with van der Waals surface area (Å²) in [6.45, 7) is 2.45. The lowest BCUT2D eigenvalue weighted by atomic mass is 10.1. The van der Waals surface area contributed by atoms with Crippen LogP contribution in [0.1, 0.15) is 11.1 Å². The molecule has 2 heterocycles. The molecule has 0 radical (unpaired) electrons. The van der Waals surface area contributed by atoms with Crippen LogP contribution in [0.2, 0.25) is 0 Å². The molecule has 6 heteroatoms. The summed E-state index contributed by atoms with van der Waals surface area (Å²) in [6.07, 6.45) is 1.75. The van der Waals surface area contributed by atoms with Gasteiger partial charge >= 0.3 is 0 Å². The van der Waals surface area contributed by atoms with Crippen molar-refractivity contribution in [3.05, 3.63) is 59.8 Å². The van der Waals surface area contributed by atoms with Crippen molar-refractivity contribution in [3.63, 3.8) is 0 Å². The van der Waals surface area contributed by atoms with E-state index < -0.39 is 0 Å². The highest BCUT2D eigenvalue weighted by atomic mass is 16.5. The van der Waals surface area contributed by atoms with Gasteiger partial charge in [-0.05, 0) is 30.7 Å². The fourth-order valence-corrected chi connectivity index (χ4v) is 2.61. The van der Waals surface area contributed by atoms with E-state index in [1.54, 1.807) is 15.9 Å². The van der Waals surface area contributed by atoms with Crippen LogP contribution >= 0.6 is 0 Å². The number of ether oxygens (including phenoxy) is 1. The number of nitrogens with two attached hydrogens (primary N) is 1. The minimum Gasteiger partial charge on any atom is -0.473 e. The molecule has 124 valence electrons. The number of hydrogen-bond acceptors (Lipinski definition) is 5. The molecule has 0 aliphatic rings. The maximum atomic E-state index is 5.92. The Bertz CT molecular complexity index is 841. The lowest BCUT2D eigenvalue weighted by Gasteiger charge is -2.19. The third kappa shape index (κ3) is 3.23. The highest BCUT2D eigenvalue weighted by molar-refractivity contribution is 5.56. The zero-order chi connectivity index (χ0) is 17.1. The molecule has 24 heavy (non-hydrogen) atoms. The van der Waals surface area contributed by atoms with Crippen LogP contribution < -0.4 is 15.6 Å². The van der Waals surface area contributed by atoms with Crippen LogP contribution in [0.5, 0.6) is 5.88 Å². The molecule has 3 aromatic rings. The van der Waals surface area contributed by atoms with Gasteiger partial charge in [0.2, 0.25) is 5.88 Å². The first-order chi connectivity index (χ1) is 11.6. The average molecular weight is 323 g/mol. The summed E-state index contributed by atoms with van der Waals surface area (Å²) >= 11 is 0. The molecule has 0 saturated heterocycles. The Hall–Kier alpha value is -2.86. The first kappa shape index (κ1) is 16.0. The van der Waals surface area contributed by atoms with Gasteiger partial charge in [0.05, 0.1) is 17.1 Å². The molecule has 0 spiro atoms. The van der Waals surface area contributed by atoms with Crippen molar-refractivity contribution in [2.75, 3.05) is 12.1 Å². The number of benzene rings is 1. The standard InChI is InChI=1S/C18H21N5O/c1-13-6-4-8-16(22(2)19)14(13)12-24-18-9-5-7-15(21-18)17-10-11-20-23(17)3/h4-11H,12,19H2,1-3H3. The van der Waals surface area contributed by atoms with Crippen molar-refractivity contribution in [1.82, 2.24) is 14.8 Å². The molecule has 0 saturated carbocycles. The van der Waals surface area contributed by atoms with E-state index in [2.05, 4.69) is 10.1 Å². The van der Waals surface area contributed by atoms with Crippen molar-refractivity contribution in [2.24, 2.45) is 12.9 Å². The molecule has 0 aliphatic carbocycles. The second-order valence-electron chi connectivity index (χ2n) is 5.67. The highest BCUT2D eigenvalue weighted by Crippen LogP contribution is 2.24. The Balaban J connectivity index is 1.83. The molecule has 0 aliphatic heterocycles. The Labute approximate surface area is 141 Å². The van der Waals surface area contributed by atoms with Crippen molar-refractivity contribution >= 4 is 5.69 Å². The predicted molar refractivity (Wildman–Crippen MR) is 94.5 cm³/mol. The predicted octanol–water partition coefficient (Wildman–Crippen LogP) is 2.68. The van der Waals surface area contributed by atoms with Crippen molar-refractivity contribution in [3.8, 4) is 17.3 Å². The molecule has 1 aromatic carbocycles. The maximum Gasteiger partial charge on any atom is 0.214 e. The normalized spacial score (nSPS) is 10.7. The van der Waals surface area contributed by atoms with Crippen LogP contribution in [0.4, 0.5) is 5.69 Å². The fourth-order valence-electron chi connectivity index (χ4n) is 2.61. The first-order valence-electron chi connectivity index (χ1n) is 7.71. The van der Waals surface area contributed by atoms with Crippen molar-refractivity contribution in [1.29, 1.82) is 0 Å². The Morgan fingerprint density at radius 1 is 1.17 bits per heavy atom. The van der Waals surface area contributed by atoms with Gasteiger partial charge in [0, 0.05) is 31.9 Å². The molecule has 0 bridgehead atoms. The van der Waals surface area contributed by atoms with Gasteiger partial charge in [-0.2, -0.15) is 5.10 Å². The van der Waals surface area contributed by atoms with Crippen LogP contribution in [0.15, 0.2) is 48.7 Å². The minimum atomic E-state index is 0.408. The van der Waals surface area contributed by atoms with E-state index in [9.17, 15) is 0 Å². The Kier molecular flexibility index (Phi) is 4.48. The number of nitrogens with zero attached hydrogens (tertiary/aromatic N) is 4. The molecule has 0 fully saturated rings. The Morgan fingerprint density at radius 2 is 1.96 bits per heavy atom. The van der Waals surface area contributed by atoms with E-state index in [0.29, 0.717) is 12.5 Å². The summed E-state index contributed by atoms with van der Waals surface area (Å²) in [5.74, 6) is 6.48. The second kappa shape index (κ2) is 6.72. The van der Waals surface area contributed by atoms with Gasteiger partial charge in [-0.25, -0.2) is 10.8 Å². The lowest BCUT2D eigenvalue weighted by Crippen LogP contribution is -2.26. The number of hydrazine groups is 1. The zero-order valence-electron chi connectivity index (χ0n) is 14.1. The van der Waals surface area contributed by atoms with Crippen molar-refractivity contribution in [2.45, 2.75) is 13.5 Å². The maximum absolute atomic E-state index is 5.92. The first-order valence-corrected chi connectivity index (χ1v) is 7.71. The van der Waals surface area contributed by atoms with Crippen LogP contribution in [0, 0.1) is 6.92 Å². The van der Waals surface area contributed by atoms with Crippen LogP contribution in [-0.2, 0) is 13.7 Å². The quantitative estimate of drug-likeness (QED) is 0.577. The van der Waals surface area contributed by atoms with Gasteiger partial charge in [-0.3, -0.25) is 4.68 Å². The molecular weight excluding hydrogens is 302 g/mol. The number of hydrogen-bond donors (Lipinski definition) is 1. The topological polar surface area (TPSA) is 69.2 Å². The number of aromatic nitrogens is 3. The van der Waals surface area contributed by atoms with Crippen LogP contribution in [-0.4, -0.2) is 21.8 Å². The molecule has 3 rings (SSSR count). The zero-order valence-corrected chi connectivity index (χ0v) is 14.1. The second-order valence-corrected chi connectivity index (χ2v) is 5.67. The van der Waals surface area contributed by atoms with Gasteiger partial charge in [0.1, 0.15) is 6.61 Å². The van der Waals surface area contributed by atoms with Gasteiger partial charge in [-0.15, -0.1) is 0 Å². The van der Waals surface area contributed by atoms with Crippen LogP contribution in [0.3, 0.4) is 0 Å². The van der Waals surface area contributed by atoms with E-state index in [1.807, 2.05) is 63.5 Å². The van der Waals surface area contributed by atoms with E-state index in [4.69, 9.17) is 10.6 Å². The molecule has 0 amide bonds. The summed E-state index contributed by atoms with van der Waals surface area (Å²) < 4.78 is 7.71. The number of anilines is 1. The summed E-state index contributed by atoms with van der Waals surface area (Å²) in [6, 6.07) is 13.7. The number of pyridine rings is 1. The summed E-state index contributed by atoms with van der Waals surface area (Å²) in [4.78, 5) is 4.57. The Morgan fingerprint density at radius 3 is 2.67 bits per heavy atom. The van der Waals surface area contributed by atoms with Gasteiger partial charge in [0.15, 0.2) is 0 Å². The monoisotopic (exact) mass is 323 g/mol. The summed E-state index contributed by atoms with van der Waals surface area (Å²) in [5.41, 5.74) is 4.90. The minimum absolute atomic E-state index is 0.408. The van der Waals surface area contributed by atoms with E-state index >= 15 is 0 Å². The largest absolute Gasteiger partial charge is 0.473 e. The average Bonchev–Trinajstić information content (AvgIpc) is 3.00. The van der Waals surface area contributed by atoms with E-state index in [-0.39, 0.29) is 0 Å². The van der Waals surface area contributed by atoms with Gasteiger partial charge < -0.3 is 9.75 Å². The molecule has 0 unspecified atom stereocenters. The third-order valence-electron chi connectivity index (χ3n) is 3.94. The number of aryl methyl sites for hydroxylation is 2. The molecule has 0 atom stereocenters. The van der Waals surface area contributed by atoms with Crippen LogP contribution in [0.25, 0.3) is 11.4 Å². The smallest absolute Gasteiger partial charge is 0.214 e. The molecule has 2 aromatic heterocycles. The molecule has 6 nitrogen and oxygen atoms in total. The summed E-state index contributed by atoms with van der Waals surface area (Å²) in [5, 5.41) is 5.78. The molecular formula is C18H21N5O. The number of rotatable bonds is 5. The molecule has 2 N–H and O–H groups in total. The van der Waals surface area contributed by atoms with E-state index in [0.717, 1.165) is 28.2 Å². The van der Waals surface area contributed by atoms with Gasteiger partial charge in [-0.1, -0.05) is 18.2 Å². The highest BCUT2D eigenvalue weighted by Gasteiger charge is 2.10. The summed E-state index contributed by atoms with van der Waals surface area (Å²) in [7, 11) is 3.71. The SMILES string of the molecule is Cc1cccc(N(C)N)c1COc1cccc(-c2ccnn2C)n1. The van der Waals surface area contributed by atoms with Crippen molar-refractivity contribution < 1.29 is 4.74 Å². The third-order valence-corrected chi connectivity index (χ3v) is 3.94. The van der Waals surface area contributed by atoms with E-state index in [1.165, 1.54) is 0 Å². The lowest BCUT2D eigenvalue weighted by molar-refractivity contribution is 0.293. The fraction of sp³-hybridized carbons (Fsp3) is 0.222. The van der Waals surface area contributed by atoms with Gasteiger partial charge in [0.25, 0.3) is 0 Å².